The number of halogens is 1. The monoisotopic (exact) mass is 307 g/mol. The van der Waals surface area contributed by atoms with Gasteiger partial charge in [-0.25, -0.2) is 4.98 Å². The number of benzene rings is 1. The molecular formula is C14H14ClN3O3. The van der Waals surface area contributed by atoms with Crippen molar-refractivity contribution in [2.45, 2.75) is 0 Å². The van der Waals surface area contributed by atoms with Crippen molar-refractivity contribution in [3.8, 4) is 11.5 Å². The third kappa shape index (κ3) is 3.35. The number of nitrogen functional groups attached to an aromatic ring is 1. The summed E-state index contributed by atoms with van der Waals surface area (Å²) in [6.07, 6.45) is 0. The lowest BCUT2D eigenvalue weighted by atomic mass is 10.2. The van der Waals surface area contributed by atoms with E-state index in [4.69, 9.17) is 26.8 Å². The number of ether oxygens (including phenoxy) is 2. The minimum atomic E-state index is -0.415. The lowest BCUT2D eigenvalue weighted by Gasteiger charge is -2.13. The van der Waals surface area contributed by atoms with E-state index >= 15 is 0 Å². The van der Waals surface area contributed by atoms with Gasteiger partial charge < -0.3 is 20.5 Å². The predicted molar refractivity (Wildman–Crippen MR) is 81.2 cm³/mol. The second-order valence-corrected chi connectivity index (χ2v) is 4.50. The second-order valence-electron chi connectivity index (χ2n) is 4.09. The van der Waals surface area contributed by atoms with Crippen molar-refractivity contribution in [2.24, 2.45) is 0 Å². The molecule has 3 N–H and O–H groups in total. The number of pyridine rings is 1. The van der Waals surface area contributed by atoms with Crippen LogP contribution >= 0.6 is 11.6 Å². The lowest BCUT2D eigenvalue weighted by molar-refractivity contribution is 0.102. The molecule has 0 aliphatic rings. The molecule has 0 unspecified atom stereocenters. The summed E-state index contributed by atoms with van der Waals surface area (Å²) in [5.41, 5.74) is 6.17. The van der Waals surface area contributed by atoms with Gasteiger partial charge in [-0.2, -0.15) is 0 Å². The first-order chi connectivity index (χ1) is 10.0. The van der Waals surface area contributed by atoms with E-state index in [9.17, 15) is 4.79 Å². The Morgan fingerprint density at radius 3 is 2.57 bits per heavy atom. The topological polar surface area (TPSA) is 86.5 Å². The van der Waals surface area contributed by atoms with Crippen LogP contribution in [0.3, 0.4) is 0 Å². The molecule has 1 aromatic heterocycles. The third-order valence-electron chi connectivity index (χ3n) is 2.73. The van der Waals surface area contributed by atoms with Gasteiger partial charge in [0.1, 0.15) is 23.0 Å². The Kier molecular flexibility index (Phi) is 4.49. The summed E-state index contributed by atoms with van der Waals surface area (Å²) >= 11 is 6.05. The molecule has 110 valence electrons. The molecule has 0 saturated heterocycles. The van der Waals surface area contributed by atoms with Crippen molar-refractivity contribution >= 4 is 29.0 Å². The summed E-state index contributed by atoms with van der Waals surface area (Å²) in [7, 11) is 2.98. The first-order valence-corrected chi connectivity index (χ1v) is 6.38. The normalized spacial score (nSPS) is 10.0. The molecule has 0 bridgehead atoms. The van der Waals surface area contributed by atoms with E-state index < -0.39 is 5.91 Å². The summed E-state index contributed by atoms with van der Waals surface area (Å²) in [6.45, 7) is 0. The van der Waals surface area contributed by atoms with Crippen LogP contribution in [-0.4, -0.2) is 25.1 Å². The van der Waals surface area contributed by atoms with Crippen LogP contribution in [0.15, 0.2) is 30.3 Å². The molecule has 1 aromatic carbocycles. The molecule has 6 nitrogen and oxygen atoms in total. The van der Waals surface area contributed by atoms with E-state index in [1.807, 2.05) is 0 Å². The number of anilines is 2. The molecule has 1 heterocycles. The summed E-state index contributed by atoms with van der Waals surface area (Å²) in [5.74, 6) is 0.728. The van der Waals surface area contributed by atoms with Crippen LogP contribution < -0.4 is 20.5 Å². The third-order valence-corrected chi connectivity index (χ3v) is 3.02. The Morgan fingerprint density at radius 1 is 1.24 bits per heavy atom. The van der Waals surface area contributed by atoms with Crippen LogP contribution in [0.4, 0.5) is 11.5 Å². The van der Waals surface area contributed by atoms with E-state index in [-0.39, 0.29) is 11.5 Å². The maximum Gasteiger partial charge on any atom is 0.274 e. The Labute approximate surface area is 126 Å². The first kappa shape index (κ1) is 14.9. The van der Waals surface area contributed by atoms with E-state index in [1.54, 1.807) is 30.3 Å². The Bertz CT molecular complexity index is 677. The fraction of sp³-hybridized carbons (Fsp3) is 0.143. The van der Waals surface area contributed by atoms with Crippen LogP contribution in [0.25, 0.3) is 0 Å². The lowest BCUT2D eigenvalue weighted by Crippen LogP contribution is -2.15. The van der Waals surface area contributed by atoms with Gasteiger partial charge in [0.05, 0.1) is 24.9 Å². The van der Waals surface area contributed by atoms with Gasteiger partial charge in [-0.15, -0.1) is 0 Å². The largest absolute Gasteiger partial charge is 0.495 e. The van der Waals surface area contributed by atoms with Gasteiger partial charge in [0.15, 0.2) is 0 Å². The van der Waals surface area contributed by atoms with Crippen molar-refractivity contribution in [2.75, 3.05) is 25.3 Å². The quantitative estimate of drug-likeness (QED) is 0.906. The van der Waals surface area contributed by atoms with Gasteiger partial charge in [-0.05, 0) is 18.2 Å². The Hall–Kier alpha value is -2.47. The number of rotatable bonds is 4. The zero-order valence-electron chi connectivity index (χ0n) is 11.5. The number of carbonyl (C=O) groups is 1. The predicted octanol–water partition coefficient (Wildman–Crippen LogP) is 2.59. The number of carbonyl (C=O) groups excluding carboxylic acids is 1. The minimum Gasteiger partial charge on any atom is -0.495 e. The fourth-order valence-corrected chi connectivity index (χ4v) is 1.96. The van der Waals surface area contributed by atoms with Crippen molar-refractivity contribution in [3.63, 3.8) is 0 Å². The number of nitrogens with one attached hydrogen (secondary N) is 1. The molecule has 2 rings (SSSR count). The number of nitrogens with zero attached hydrogens (tertiary/aromatic N) is 1. The highest BCUT2D eigenvalue weighted by molar-refractivity contribution is 6.32. The van der Waals surface area contributed by atoms with Gasteiger partial charge in [0, 0.05) is 6.07 Å². The molecule has 0 aliphatic heterocycles. The van der Waals surface area contributed by atoms with Gasteiger partial charge in [0.2, 0.25) is 0 Å². The molecule has 21 heavy (non-hydrogen) atoms. The SMILES string of the molecule is COc1cc(OC)c(NC(=O)c2cccc(N)n2)cc1Cl. The number of nitrogens with two attached hydrogens (primary N) is 1. The molecule has 0 radical (unpaired) electrons. The van der Waals surface area contributed by atoms with E-state index in [1.165, 1.54) is 14.2 Å². The highest BCUT2D eigenvalue weighted by atomic mass is 35.5. The molecule has 7 heteroatoms. The molecule has 2 aromatic rings. The van der Waals surface area contributed by atoms with Crippen LogP contribution in [-0.2, 0) is 0 Å². The molecular weight excluding hydrogens is 294 g/mol. The maximum atomic E-state index is 12.1. The smallest absolute Gasteiger partial charge is 0.274 e. The van der Waals surface area contributed by atoms with Gasteiger partial charge in [-0.1, -0.05) is 17.7 Å². The average Bonchev–Trinajstić information content (AvgIpc) is 2.47. The van der Waals surface area contributed by atoms with Crippen molar-refractivity contribution < 1.29 is 14.3 Å². The molecule has 0 fully saturated rings. The van der Waals surface area contributed by atoms with E-state index in [2.05, 4.69) is 10.3 Å². The van der Waals surface area contributed by atoms with Crippen LogP contribution in [0.5, 0.6) is 11.5 Å². The summed E-state index contributed by atoms with van der Waals surface area (Å²) < 4.78 is 10.3. The highest BCUT2D eigenvalue weighted by Gasteiger charge is 2.14. The zero-order valence-corrected chi connectivity index (χ0v) is 12.3. The molecule has 0 saturated carbocycles. The molecule has 0 aliphatic carbocycles. The van der Waals surface area contributed by atoms with Gasteiger partial charge in [0.25, 0.3) is 5.91 Å². The number of hydrogen-bond acceptors (Lipinski definition) is 5. The van der Waals surface area contributed by atoms with Crippen molar-refractivity contribution in [3.05, 3.63) is 41.0 Å². The summed E-state index contributed by atoms with van der Waals surface area (Å²) in [5, 5.41) is 3.03. The van der Waals surface area contributed by atoms with E-state index in [0.717, 1.165) is 0 Å². The Morgan fingerprint density at radius 2 is 1.95 bits per heavy atom. The van der Waals surface area contributed by atoms with E-state index in [0.29, 0.717) is 22.2 Å². The van der Waals surface area contributed by atoms with Crippen molar-refractivity contribution in [1.29, 1.82) is 0 Å². The highest BCUT2D eigenvalue weighted by Crippen LogP contribution is 2.36. The summed E-state index contributed by atoms with van der Waals surface area (Å²) in [6, 6.07) is 7.94. The fourth-order valence-electron chi connectivity index (χ4n) is 1.72. The summed E-state index contributed by atoms with van der Waals surface area (Å²) in [4.78, 5) is 16.1. The van der Waals surface area contributed by atoms with Gasteiger partial charge in [-0.3, -0.25) is 4.79 Å². The molecule has 0 spiro atoms. The van der Waals surface area contributed by atoms with Crippen LogP contribution in [0.2, 0.25) is 5.02 Å². The van der Waals surface area contributed by atoms with Gasteiger partial charge >= 0.3 is 0 Å². The zero-order chi connectivity index (χ0) is 15.4. The Balaban J connectivity index is 2.30. The van der Waals surface area contributed by atoms with Crippen LogP contribution in [0, 0.1) is 0 Å². The number of amides is 1. The number of aromatic nitrogens is 1. The van der Waals surface area contributed by atoms with Crippen LogP contribution in [0.1, 0.15) is 10.5 Å². The maximum absolute atomic E-state index is 12.1. The first-order valence-electron chi connectivity index (χ1n) is 6.00. The number of hydrogen-bond donors (Lipinski definition) is 2. The second kappa shape index (κ2) is 6.32. The standard InChI is InChI=1S/C14H14ClN3O3/c1-20-11-7-12(21-2)10(6-8(11)15)18-14(19)9-4-3-5-13(16)17-9/h3-7H,1-2H3,(H2,16,17)(H,18,19). The molecule has 0 atom stereocenters. The minimum absolute atomic E-state index is 0.198. The number of methoxy groups -OCH3 is 2. The van der Waals surface area contributed by atoms with Crippen molar-refractivity contribution in [1.82, 2.24) is 4.98 Å². The average molecular weight is 308 g/mol. The molecule has 1 amide bonds.